The first-order chi connectivity index (χ1) is 9.58. The lowest BCUT2D eigenvalue weighted by Crippen LogP contribution is -2.26. The van der Waals surface area contributed by atoms with Gasteiger partial charge in [0.05, 0.1) is 6.61 Å². The van der Waals surface area contributed by atoms with E-state index in [-0.39, 0.29) is 23.4 Å². The van der Waals surface area contributed by atoms with Gasteiger partial charge in [0.15, 0.2) is 0 Å². The van der Waals surface area contributed by atoms with Crippen molar-refractivity contribution in [1.82, 2.24) is 9.55 Å². The van der Waals surface area contributed by atoms with Gasteiger partial charge in [-0.2, -0.15) is 0 Å². The van der Waals surface area contributed by atoms with Crippen LogP contribution in [-0.4, -0.2) is 9.55 Å². The van der Waals surface area contributed by atoms with Crippen LogP contribution in [0.1, 0.15) is 31.2 Å². The number of hydrogen-bond donors (Lipinski definition) is 0. The standard InChI is InChI=1S/C15H17ClN2O2/c1-11(2)15-17-13(16)8-14(19)18(15)10-20-9-12-6-4-3-5-7-12/h3-8,11H,9-10H2,1-2H3. The Balaban J connectivity index is 2.11. The maximum Gasteiger partial charge on any atom is 0.256 e. The molecule has 0 spiro atoms. The summed E-state index contributed by atoms with van der Waals surface area (Å²) >= 11 is 5.83. The first-order valence-corrected chi connectivity index (χ1v) is 6.84. The van der Waals surface area contributed by atoms with Gasteiger partial charge in [-0.3, -0.25) is 9.36 Å². The largest absolute Gasteiger partial charge is 0.356 e. The van der Waals surface area contributed by atoms with E-state index in [4.69, 9.17) is 16.3 Å². The molecular formula is C15H17ClN2O2. The number of rotatable bonds is 5. The van der Waals surface area contributed by atoms with E-state index in [1.165, 1.54) is 10.6 Å². The molecule has 0 saturated heterocycles. The second-order valence-electron chi connectivity index (χ2n) is 4.82. The molecule has 4 nitrogen and oxygen atoms in total. The Morgan fingerprint density at radius 2 is 2.00 bits per heavy atom. The highest BCUT2D eigenvalue weighted by atomic mass is 35.5. The monoisotopic (exact) mass is 292 g/mol. The summed E-state index contributed by atoms with van der Waals surface area (Å²) in [4.78, 5) is 16.2. The van der Waals surface area contributed by atoms with Crippen molar-refractivity contribution < 1.29 is 4.74 Å². The molecule has 2 aromatic rings. The second kappa shape index (κ2) is 6.68. The normalized spacial score (nSPS) is 11.0. The predicted molar refractivity (Wildman–Crippen MR) is 78.8 cm³/mol. The number of benzene rings is 1. The highest BCUT2D eigenvalue weighted by Crippen LogP contribution is 2.13. The van der Waals surface area contributed by atoms with Crippen LogP contribution in [0.25, 0.3) is 0 Å². The molecule has 0 N–H and O–H groups in total. The molecule has 2 rings (SSSR count). The molecule has 5 heteroatoms. The van der Waals surface area contributed by atoms with Gasteiger partial charge in [-0.05, 0) is 5.56 Å². The summed E-state index contributed by atoms with van der Waals surface area (Å²) in [5.74, 6) is 0.734. The first kappa shape index (κ1) is 14.8. The molecular weight excluding hydrogens is 276 g/mol. The highest BCUT2D eigenvalue weighted by Gasteiger charge is 2.11. The number of aromatic nitrogens is 2. The average molecular weight is 293 g/mol. The number of nitrogens with zero attached hydrogens (tertiary/aromatic N) is 2. The minimum atomic E-state index is -0.193. The molecule has 0 fully saturated rings. The Hall–Kier alpha value is -1.65. The van der Waals surface area contributed by atoms with Gasteiger partial charge in [-0.25, -0.2) is 4.98 Å². The molecule has 1 aromatic carbocycles. The summed E-state index contributed by atoms with van der Waals surface area (Å²) in [6, 6.07) is 11.1. The molecule has 0 amide bonds. The molecule has 0 aliphatic heterocycles. The van der Waals surface area contributed by atoms with Crippen molar-refractivity contribution in [3.05, 3.63) is 63.3 Å². The van der Waals surface area contributed by atoms with Crippen LogP contribution >= 0.6 is 11.6 Å². The van der Waals surface area contributed by atoms with Crippen molar-refractivity contribution >= 4 is 11.6 Å². The van der Waals surface area contributed by atoms with E-state index in [1.807, 2.05) is 44.2 Å². The zero-order chi connectivity index (χ0) is 14.5. The van der Waals surface area contributed by atoms with E-state index in [2.05, 4.69) is 4.98 Å². The van der Waals surface area contributed by atoms with Crippen molar-refractivity contribution in [3.8, 4) is 0 Å². The Morgan fingerprint density at radius 1 is 1.30 bits per heavy atom. The predicted octanol–water partition coefficient (Wildman–Crippen LogP) is 3.19. The van der Waals surface area contributed by atoms with E-state index >= 15 is 0 Å². The molecule has 0 saturated carbocycles. The van der Waals surface area contributed by atoms with Gasteiger partial charge < -0.3 is 4.74 Å². The molecule has 0 radical (unpaired) electrons. The van der Waals surface area contributed by atoms with Gasteiger partial charge in [0.25, 0.3) is 5.56 Å². The third-order valence-corrected chi connectivity index (χ3v) is 3.05. The Bertz CT molecular complexity index is 624. The highest BCUT2D eigenvalue weighted by molar-refractivity contribution is 6.29. The minimum absolute atomic E-state index is 0.0988. The third kappa shape index (κ3) is 3.68. The molecule has 1 aromatic heterocycles. The number of ether oxygens (including phenoxy) is 1. The maximum absolute atomic E-state index is 12.0. The first-order valence-electron chi connectivity index (χ1n) is 6.47. The van der Waals surface area contributed by atoms with Crippen LogP contribution < -0.4 is 5.56 Å². The molecule has 0 aliphatic carbocycles. The van der Waals surface area contributed by atoms with Gasteiger partial charge in [-0.1, -0.05) is 55.8 Å². The lowest BCUT2D eigenvalue weighted by molar-refractivity contribution is 0.0585. The topological polar surface area (TPSA) is 44.1 Å². The second-order valence-corrected chi connectivity index (χ2v) is 5.21. The van der Waals surface area contributed by atoms with Gasteiger partial charge in [0.2, 0.25) is 0 Å². The number of halogens is 1. The fourth-order valence-corrected chi connectivity index (χ4v) is 2.07. The molecule has 0 aliphatic rings. The summed E-state index contributed by atoms with van der Waals surface area (Å²) < 4.78 is 7.11. The molecule has 1 heterocycles. The van der Waals surface area contributed by atoms with Crippen LogP contribution in [0.2, 0.25) is 5.15 Å². The van der Waals surface area contributed by atoms with Crippen molar-refractivity contribution in [2.45, 2.75) is 33.1 Å². The van der Waals surface area contributed by atoms with E-state index < -0.39 is 0 Å². The van der Waals surface area contributed by atoms with Gasteiger partial charge in [0.1, 0.15) is 17.7 Å². The summed E-state index contributed by atoms with van der Waals surface area (Å²) in [7, 11) is 0. The van der Waals surface area contributed by atoms with Crippen molar-refractivity contribution in [1.29, 1.82) is 0 Å². The van der Waals surface area contributed by atoms with Crippen LogP contribution in [-0.2, 0) is 18.1 Å². The van der Waals surface area contributed by atoms with E-state index in [9.17, 15) is 4.79 Å². The van der Waals surface area contributed by atoms with Crippen LogP contribution in [0.3, 0.4) is 0 Å². The van der Waals surface area contributed by atoms with Crippen molar-refractivity contribution in [2.24, 2.45) is 0 Å². The third-order valence-electron chi connectivity index (χ3n) is 2.85. The Kier molecular flexibility index (Phi) is 4.93. The van der Waals surface area contributed by atoms with Crippen molar-refractivity contribution in [2.75, 3.05) is 0 Å². The lowest BCUT2D eigenvalue weighted by atomic mass is 10.2. The Labute approximate surface area is 123 Å². The SMILES string of the molecule is CC(C)c1nc(Cl)cc(=O)n1COCc1ccccc1. The summed E-state index contributed by atoms with van der Waals surface area (Å²) in [5.41, 5.74) is 0.871. The van der Waals surface area contributed by atoms with E-state index in [1.54, 1.807) is 0 Å². The lowest BCUT2D eigenvalue weighted by Gasteiger charge is -2.14. The van der Waals surface area contributed by atoms with Crippen LogP contribution in [0.5, 0.6) is 0 Å². The molecule has 0 atom stereocenters. The fraction of sp³-hybridized carbons (Fsp3) is 0.333. The van der Waals surface area contributed by atoms with Gasteiger partial charge in [0, 0.05) is 12.0 Å². The Morgan fingerprint density at radius 3 is 2.65 bits per heavy atom. The minimum Gasteiger partial charge on any atom is -0.356 e. The summed E-state index contributed by atoms with van der Waals surface area (Å²) in [6.07, 6.45) is 0. The van der Waals surface area contributed by atoms with Gasteiger partial charge >= 0.3 is 0 Å². The molecule has 0 unspecified atom stereocenters. The number of hydrogen-bond acceptors (Lipinski definition) is 3. The van der Waals surface area contributed by atoms with Crippen molar-refractivity contribution in [3.63, 3.8) is 0 Å². The smallest absolute Gasteiger partial charge is 0.256 e. The van der Waals surface area contributed by atoms with Crippen LogP contribution in [0.4, 0.5) is 0 Å². The molecule has 106 valence electrons. The van der Waals surface area contributed by atoms with Crippen LogP contribution in [0, 0.1) is 0 Å². The quantitative estimate of drug-likeness (QED) is 0.795. The fourth-order valence-electron chi connectivity index (χ4n) is 1.89. The zero-order valence-electron chi connectivity index (χ0n) is 11.5. The van der Waals surface area contributed by atoms with Gasteiger partial charge in [-0.15, -0.1) is 0 Å². The molecule has 0 bridgehead atoms. The summed E-state index contributed by atoms with van der Waals surface area (Å²) in [6.45, 7) is 4.55. The molecule has 20 heavy (non-hydrogen) atoms. The zero-order valence-corrected chi connectivity index (χ0v) is 12.3. The summed E-state index contributed by atoms with van der Waals surface area (Å²) in [5, 5.41) is 0.220. The van der Waals surface area contributed by atoms with Crippen LogP contribution in [0.15, 0.2) is 41.2 Å². The van der Waals surface area contributed by atoms with E-state index in [0.29, 0.717) is 12.4 Å². The maximum atomic E-state index is 12.0. The average Bonchev–Trinajstić information content (AvgIpc) is 2.41. The van der Waals surface area contributed by atoms with E-state index in [0.717, 1.165) is 5.56 Å².